The van der Waals surface area contributed by atoms with Gasteiger partial charge < -0.3 is 10.2 Å². The number of halogens is 2. The second-order valence-electron chi connectivity index (χ2n) is 14.2. The molecule has 2 saturated heterocycles. The maximum Gasteiger partial charge on any atom is 0.227 e. The number of nitrogens with one attached hydrogen (secondary N) is 1. The van der Waals surface area contributed by atoms with E-state index in [9.17, 15) is 4.79 Å². The van der Waals surface area contributed by atoms with Crippen LogP contribution in [0.2, 0.25) is 10.0 Å². The van der Waals surface area contributed by atoms with Crippen molar-refractivity contribution in [2.75, 3.05) is 26.2 Å². The maximum atomic E-state index is 12.8. The van der Waals surface area contributed by atoms with Crippen LogP contribution in [-0.2, 0) is 36.9 Å². The number of aryl methyl sites for hydroxylation is 4. The highest BCUT2D eigenvalue weighted by Crippen LogP contribution is 2.39. The first-order valence-electron chi connectivity index (χ1n) is 18.8. The Morgan fingerprint density at radius 3 is 1.66 bits per heavy atom. The van der Waals surface area contributed by atoms with Crippen molar-refractivity contribution < 1.29 is 4.79 Å². The molecule has 2 aliphatic heterocycles. The van der Waals surface area contributed by atoms with Crippen LogP contribution in [0, 0.1) is 0 Å². The van der Waals surface area contributed by atoms with Crippen molar-refractivity contribution in [2.45, 2.75) is 57.8 Å². The Morgan fingerprint density at radius 1 is 0.604 bits per heavy atom. The summed E-state index contributed by atoms with van der Waals surface area (Å²) in [6, 6.07) is 24.8. The third-order valence-electron chi connectivity index (χ3n) is 11.0. The molecular weight excluding hydrogens is 697 g/mol. The second-order valence-corrected chi connectivity index (χ2v) is 15.1. The van der Waals surface area contributed by atoms with E-state index in [2.05, 4.69) is 46.7 Å². The molecule has 1 amide bonds. The summed E-state index contributed by atoms with van der Waals surface area (Å²) in [4.78, 5) is 28.4. The predicted octanol–water partition coefficient (Wildman–Crippen LogP) is 8.91. The average molecular weight is 741 g/mol. The summed E-state index contributed by atoms with van der Waals surface area (Å²) in [7, 11) is 0. The minimum absolute atomic E-state index is 0.182. The van der Waals surface area contributed by atoms with Gasteiger partial charge in [-0.1, -0.05) is 58.6 Å². The van der Waals surface area contributed by atoms with Crippen molar-refractivity contribution in [3.8, 4) is 0 Å². The van der Waals surface area contributed by atoms with Crippen LogP contribution in [0.15, 0.2) is 109 Å². The molecule has 4 aliphatic rings. The molecule has 2 aliphatic carbocycles. The van der Waals surface area contributed by atoms with E-state index < -0.39 is 0 Å². The molecule has 0 atom stereocenters. The van der Waals surface area contributed by atoms with Gasteiger partial charge in [-0.05, 0) is 152 Å². The number of carbonyl (C=O) groups is 1. The zero-order chi connectivity index (χ0) is 36.1. The van der Waals surface area contributed by atoms with Gasteiger partial charge in [-0.15, -0.1) is 0 Å². The quantitative estimate of drug-likeness (QED) is 0.196. The van der Waals surface area contributed by atoms with Crippen LogP contribution in [0.4, 0.5) is 0 Å². The van der Waals surface area contributed by atoms with Gasteiger partial charge in [0.1, 0.15) is 0 Å². The Kier molecular flexibility index (Phi) is 10.8. The molecule has 0 unspecified atom stereocenters. The average Bonchev–Trinajstić information content (AvgIpc) is 3.46. The molecule has 0 radical (unpaired) electrons. The first-order valence-corrected chi connectivity index (χ1v) is 19.5. The highest BCUT2D eigenvalue weighted by Gasteiger charge is 2.27. The zero-order valence-corrected chi connectivity index (χ0v) is 31.4. The lowest BCUT2D eigenvalue weighted by Crippen LogP contribution is -2.37. The van der Waals surface area contributed by atoms with Crippen LogP contribution in [-0.4, -0.2) is 51.9 Å². The van der Waals surface area contributed by atoms with E-state index in [4.69, 9.17) is 33.2 Å². The Labute approximate surface area is 322 Å². The number of benzene rings is 2. The van der Waals surface area contributed by atoms with Gasteiger partial charge in [0.15, 0.2) is 0 Å². The summed E-state index contributed by atoms with van der Waals surface area (Å²) in [5.41, 5.74) is 16.7. The van der Waals surface area contributed by atoms with Crippen molar-refractivity contribution in [1.82, 2.24) is 25.2 Å². The lowest BCUT2D eigenvalue weighted by atomic mass is 9.88. The molecule has 1 N–H and O–H groups in total. The standard InChI is InChI=1S/C26H24ClN3O.C19H19ClN2/c27-22-5-6-23-21(17-22)4-3-20-2-1-11-29-26(20)25(23)19-9-14-30(15-10-19)24(31)16-18-7-12-28-13-8-18;20-16-5-6-17-15(12-16)4-3-14-2-1-9-22-19(14)18(17)13-7-10-21-11-8-13/h1-2,5-8,11-13,17H,3-4,9-10,14-16H2;1-2,5-6,9,12,21H,3-4,7-8,10-11H2. The number of nitrogens with zero attached hydrogens (tertiary/aromatic N) is 4. The van der Waals surface area contributed by atoms with Crippen molar-refractivity contribution in [1.29, 1.82) is 0 Å². The first kappa shape index (κ1) is 35.4. The fourth-order valence-electron chi connectivity index (χ4n) is 8.31. The number of piperidine rings is 2. The van der Waals surface area contributed by atoms with Gasteiger partial charge in [-0.2, -0.15) is 0 Å². The van der Waals surface area contributed by atoms with Gasteiger partial charge >= 0.3 is 0 Å². The fraction of sp³-hybridized carbons (Fsp3) is 0.289. The Morgan fingerprint density at radius 2 is 1.11 bits per heavy atom. The largest absolute Gasteiger partial charge is 0.342 e. The number of fused-ring (bicyclic) bond motifs is 4. The molecule has 6 nitrogen and oxygen atoms in total. The Hall–Kier alpha value is -4.62. The SMILES string of the molecule is Clc1ccc2c(c1)CCc1cccnc1C2=C1CCNCC1.O=C(Cc1ccncc1)N1CCC(=C2c3ccc(Cl)cc3CCc3cccnc32)CC1. The number of hydrogen-bond acceptors (Lipinski definition) is 5. The molecule has 0 saturated carbocycles. The molecule has 2 aromatic carbocycles. The van der Waals surface area contributed by atoms with Gasteiger partial charge in [0.25, 0.3) is 0 Å². The maximum absolute atomic E-state index is 12.8. The number of hydrogen-bond donors (Lipinski definition) is 1. The van der Waals surface area contributed by atoms with E-state index in [1.165, 1.54) is 61.4 Å². The lowest BCUT2D eigenvalue weighted by molar-refractivity contribution is -0.130. The summed E-state index contributed by atoms with van der Waals surface area (Å²) in [6.07, 6.45) is 15.6. The fourth-order valence-corrected chi connectivity index (χ4v) is 8.70. The number of pyridine rings is 3. The van der Waals surface area contributed by atoms with E-state index in [1.54, 1.807) is 12.4 Å². The van der Waals surface area contributed by atoms with Crippen molar-refractivity contribution >= 4 is 40.3 Å². The van der Waals surface area contributed by atoms with Crippen LogP contribution < -0.4 is 5.32 Å². The highest BCUT2D eigenvalue weighted by atomic mass is 35.5. The normalized spacial score (nSPS) is 16.6. The van der Waals surface area contributed by atoms with Gasteiger partial charge in [0.2, 0.25) is 5.91 Å². The van der Waals surface area contributed by atoms with Gasteiger partial charge in [-0.25, -0.2) is 0 Å². The smallest absolute Gasteiger partial charge is 0.227 e. The summed E-state index contributed by atoms with van der Waals surface area (Å²) in [5, 5.41) is 5.05. The first-order chi connectivity index (χ1) is 26.0. The van der Waals surface area contributed by atoms with E-state index >= 15 is 0 Å². The van der Waals surface area contributed by atoms with Crippen LogP contribution in [0.3, 0.4) is 0 Å². The van der Waals surface area contributed by atoms with Gasteiger partial charge in [-0.3, -0.25) is 19.7 Å². The molecular formula is C45H43Cl2N5O. The summed E-state index contributed by atoms with van der Waals surface area (Å²) in [5.74, 6) is 0.182. The van der Waals surface area contributed by atoms with Gasteiger partial charge in [0, 0.05) is 59.1 Å². The number of rotatable bonds is 2. The molecule has 5 heterocycles. The molecule has 53 heavy (non-hydrogen) atoms. The summed E-state index contributed by atoms with van der Waals surface area (Å²) >= 11 is 12.5. The van der Waals surface area contributed by atoms with Gasteiger partial charge in [0.05, 0.1) is 17.8 Å². The van der Waals surface area contributed by atoms with E-state index in [0.717, 1.165) is 98.8 Å². The van der Waals surface area contributed by atoms with Crippen LogP contribution in [0.25, 0.3) is 11.1 Å². The Bertz CT molecular complexity index is 2190. The number of aromatic nitrogens is 3. The number of carbonyl (C=O) groups excluding carboxylic acids is 1. The van der Waals surface area contributed by atoms with Crippen LogP contribution >= 0.6 is 23.2 Å². The van der Waals surface area contributed by atoms with E-state index in [0.29, 0.717) is 6.42 Å². The van der Waals surface area contributed by atoms with Crippen LogP contribution in [0.5, 0.6) is 0 Å². The molecule has 0 bridgehead atoms. The summed E-state index contributed by atoms with van der Waals surface area (Å²) < 4.78 is 0. The highest BCUT2D eigenvalue weighted by molar-refractivity contribution is 6.31. The van der Waals surface area contributed by atoms with E-state index in [1.807, 2.05) is 53.7 Å². The second kappa shape index (κ2) is 16.2. The minimum Gasteiger partial charge on any atom is -0.342 e. The van der Waals surface area contributed by atoms with Crippen molar-refractivity contribution in [2.24, 2.45) is 0 Å². The van der Waals surface area contributed by atoms with E-state index in [-0.39, 0.29) is 5.91 Å². The topological polar surface area (TPSA) is 71.0 Å². The zero-order valence-electron chi connectivity index (χ0n) is 29.9. The molecule has 2 fully saturated rings. The predicted molar refractivity (Wildman–Crippen MR) is 214 cm³/mol. The molecule has 8 heteroatoms. The van der Waals surface area contributed by atoms with Crippen LogP contribution in [0.1, 0.15) is 76.0 Å². The third-order valence-corrected chi connectivity index (χ3v) is 11.5. The van der Waals surface area contributed by atoms with Crippen molar-refractivity contribution in [3.05, 3.63) is 169 Å². The molecule has 9 rings (SSSR count). The number of amides is 1. The molecule has 3 aromatic heterocycles. The summed E-state index contributed by atoms with van der Waals surface area (Å²) in [6.45, 7) is 3.61. The number of likely N-dealkylation sites (tertiary alicyclic amines) is 1. The minimum atomic E-state index is 0.182. The monoisotopic (exact) mass is 739 g/mol. The molecule has 5 aromatic rings. The van der Waals surface area contributed by atoms with Crippen molar-refractivity contribution in [3.63, 3.8) is 0 Å². The lowest BCUT2D eigenvalue weighted by Gasteiger charge is -2.30. The molecule has 268 valence electrons. The molecule has 0 spiro atoms. The third kappa shape index (κ3) is 7.87. The Balaban J connectivity index is 0.000000160.